The lowest BCUT2D eigenvalue weighted by Crippen LogP contribution is -2.46. The highest BCUT2D eigenvalue weighted by Crippen LogP contribution is 2.32. The lowest BCUT2D eigenvalue weighted by molar-refractivity contribution is 0.0690. The molecule has 1 fully saturated rings. The van der Waals surface area contributed by atoms with E-state index in [4.69, 9.17) is 44.6 Å². The third kappa shape index (κ3) is 22.1. The second kappa shape index (κ2) is 31.5. The Kier molecular flexibility index (Phi) is 29.5. The van der Waals surface area contributed by atoms with E-state index in [1.165, 1.54) is 0 Å². The minimum absolute atomic E-state index is 0.0103. The van der Waals surface area contributed by atoms with Gasteiger partial charge in [-0.25, -0.2) is 9.59 Å². The molecule has 0 aliphatic carbocycles. The molecule has 4 N–H and O–H groups in total. The van der Waals surface area contributed by atoms with Gasteiger partial charge < -0.3 is 65.8 Å². The Morgan fingerprint density at radius 2 is 1.02 bits per heavy atom. The number of carbonyl (C=O) groups is 2. The summed E-state index contributed by atoms with van der Waals surface area (Å²) in [6.07, 6.45) is 9.09. The van der Waals surface area contributed by atoms with Gasteiger partial charge in [-0.15, -0.1) is 0 Å². The van der Waals surface area contributed by atoms with Gasteiger partial charge in [-0.05, 0) is 99.8 Å². The first kappa shape index (κ1) is 52.5. The first-order valence-corrected chi connectivity index (χ1v) is 26.9. The molecule has 330 valence electrons. The quantitative estimate of drug-likeness (QED) is 0.0263. The number of hydrogen-bond acceptors (Lipinski definition) is 12. The molecule has 56 heavy (non-hydrogen) atoms. The molecule has 0 aromatic rings. The number of nitrogens with one attached hydrogen (secondary N) is 4. The van der Waals surface area contributed by atoms with E-state index in [2.05, 4.69) is 27.3 Å². The third-order valence-corrected chi connectivity index (χ3v) is 18.3. The van der Waals surface area contributed by atoms with Crippen LogP contribution in [0.15, 0.2) is 12.2 Å². The Morgan fingerprint density at radius 3 is 1.50 bits per heavy atom. The molecule has 1 heterocycles. The number of urea groups is 2. The second-order valence-electron chi connectivity index (χ2n) is 13.1. The molecule has 1 saturated heterocycles. The first-order chi connectivity index (χ1) is 27.1. The highest BCUT2D eigenvalue weighted by molar-refractivity contribution is 6.61. The number of rotatable bonds is 37. The van der Waals surface area contributed by atoms with E-state index < -0.39 is 26.4 Å². The number of hydrogen-bond donors (Lipinski definition) is 4. The molecule has 0 spiro atoms. The molecule has 0 radical (unpaired) electrons. The van der Waals surface area contributed by atoms with E-state index in [-0.39, 0.29) is 24.3 Å². The van der Waals surface area contributed by atoms with Crippen molar-refractivity contribution in [2.75, 3.05) is 86.1 Å². The van der Waals surface area contributed by atoms with Crippen LogP contribution in [-0.2, 0) is 44.6 Å². The van der Waals surface area contributed by atoms with E-state index >= 15 is 0 Å². The van der Waals surface area contributed by atoms with Crippen LogP contribution < -0.4 is 21.3 Å². The maximum Gasteiger partial charge on any atom is 0.500 e. The van der Waals surface area contributed by atoms with Crippen LogP contribution in [0, 0.1) is 5.92 Å². The minimum atomic E-state index is -2.80. The van der Waals surface area contributed by atoms with Crippen LogP contribution in [0.3, 0.4) is 0 Å². The van der Waals surface area contributed by atoms with Crippen molar-refractivity contribution in [3.05, 3.63) is 12.2 Å². The van der Waals surface area contributed by atoms with Crippen molar-refractivity contribution >= 4 is 38.5 Å². The van der Waals surface area contributed by atoms with Gasteiger partial charge in [0.1, 0.15) is 6.10 Å². The maximum atomic E-state index is 12.5. The van der Waals surface area contributed by atoms with Crippen LogP contribution >= 0.6 is 0 Å². The molecule has 0 saturated carbocycles. The van der Waals surface area contributed by atoms with Gasteiger partial charge in [0.25, 0.3) is 0 Å². The summed E-state index contributed by atoms with van der Waals surface area (Å²) in [6, 6.07) is 1.56. The van der Waals surface area contributed by atoms with Crippen molar-refractivity contribution < 1.29 is 54.2 Å². The van der Waals surface area contributed by atoms with Crippen LogP contribution in [0.25, 0.3) is 0 Å². The molecular weight excluding hydrogens is 777 g/mol. The van der Waals surface area contributed by atoms with Gasteiger partial charge in [0.05, 0.1) is 6.10 Å². The number of amides is 4. The Morgan fingerprint density at radius 1 is 0.571 bits per heavy atom. The van der Waals surface area contributed by atoms with Gasteiger partial charge in [0.2, 0.25) is 0 Å². The standard InChI is InChI=1S/C37H78N4O12Si3/c1-10-45-54(44-9,46-11-2)29-20-27-39-36(42)38-26-19-18-22-33(25-31-56(50-15-6,51-16-7)52-17-8)23-24-34-35(53-34)32-41-37(43)40-28-21-30-55(47-12-3,48-13-4)49-14-5/h18-19,33-35H,10-17,20-32H2,1-9H3,(H2,38,39,42)(H2,40,41,43)/b19-18+. The Balaban J connectivity index is 2.61. The number of allylic oxidation sites excluding steroid dienone is 1. The zero-order valence-corrected chi connectivity index (χ0v) is 39.1. The van der Waals surface area contributed by atoms with Gasteiger partial charge in [-0.1, -0.05) is 12.2 Å². The molecule has 4 amide bonds. The van der Waals surface area contributed by atoms with Gasteiger partial charge in [-0.3, -0.25) is 0 Å². The Labute approximate surface area is 341 Å². The molecular formula is C37H78N4O12Si3. The molecule has 0 aromatic carbocycles. The molecule has 16 nitrogen and oxygen atoms in total. The average molecular weight is 855 g/mol. The highest BCUT2D eigenvalue weighted by atomic mass is 28.4. The third-order valence-electron chi connectivity index (χ3n) is 9.00. The van der Waals surface area contributed by atoms with E-state index in [0.717, 1.165) is 31.7 Å². The van der Waals surface area contributed by atoms with Gasteiger partial charge in [-0.2, -0.15) is 0 Å². The number of epoxide rings is 1. The normalized spacial score (nSPS) is 16.6. The van der Waals surface area contributed by atoms with E-state index in [1.54, 1.807) is 7.11 Å². The lowest BCUT2D eigenvalue weighted by Gasteiger charge is -2.29. The van der Waals surface area contributed by atoms with Gasteiger partial charge >= 0.3 is 38.5 Å². The van der Waals surface area contributed by atoms with Crippen LogP contribution in [0.4, 0.5) is 9.59 Å². The fourth-order valence-electron chi connectivity index (χ4n) is 6.48. The van der Waals surface area contributed by atoms with E-state index in [0.29, 0.717) is 110 Å². The molecule has 3 unspecified atom stereocenters. The topological polar surface area (TPSA) is 178 Å². The fraction of sp³-hybridized carbons (Fsp3) is 0.892. The zero-order valence-electron chi connectivity index (χ0n) is 36.1. The summed E-state index contributed by atoms with van der Waals surface area (Å²) in [4.78, 5) is 24.9. The summed E-state index contributed by atoms with van der Waals surface area (Å²) in [6.45, 7) is 21.6. The van der Waals surface area contributed by atoms with Crippen LogP contribution in [0.5, 0.6) is 0 Å². The molecule has 19 heteroatoms. The predicted octanol–water partition coefficient (Wildman–Crippen LogP) is 5.62. The Hall–Kier alpha value is -1.47. The second-order valence-corrected chi connectivity index (χ2v) is 21.4. The summed E-state index contributed by atoms with van der Waals surface area (Å²) in [5.41, 5.74) is 0. The monoisotopic (exact) mass is 854 g/mol. The highest BCUT2D eigenvalue weighted by Gasteiger charge is 2.43. The molecule has 1 rings (SSSR count). The Bertz CT molecular complexity index is 1010. The van der Waals surface area contributed by atoms with Crippen molar-refractivity contribution in [1.82, 2.24) is 21.3 Å². The molecule has 0 aromatic heterocycles. The number of ether oxygens (including phenoxy) is 1. The summed E-state index contributed by atoms with van der Waals surface area (Å²) < 4.78 is 59.3. The first-order valence-electron chi connectivity index (χ1n) is 21.1. The largest absolute Gasteiger partial charge is 0.500 e. The summed E-state index contributed by atoms with van der Waals surface area (Å²) in [5, 5.41) is 11.7. The zero-order chi connectivity index (χ0) is 41.5. The van der Waals surface area contributed by atoms with Crippen molar-refractivity contribution in [2.24, 2.45) is 5.92 Å². The van der Waals surface area contributed by atoms with E-state index in [1.807, 2.05) is 61.5 Å². The number of carbonyl (C=O) groups excluding carboxylic acids is 2. The summed E-state index contributed by atoms with van der Waals surface area (Å²) in [5.74, 6) is 0.330. The molecule has 3 atom stereocenters. The van der Waals surface area contributed by atoms with Crippen LogP contribution in [0.2, 0.25) is 18.1 Å². The lowest BCUT2D eigenvalue weighted by atomic mass is 9.95. The van der Waals surface area contributed by atoms with Gasteiger partial charge in [0.15, 0.2) is 0 Å². The smallest absolute Gasteiger partial charge is 0.377 e. The summed E-state index contributed by atoms with van der Waals surface area (Å²) in [7, 11) is -6.61. The SMILES string of the molecule is CCO[Si](CCCNC(=O)NC/C=C/CC(CCC1OC1CNC(=O)NCCC[Si](OCC)(OCC)OCC)CC[Si](OCC)(OCC)OCC)(OC)OCC. The van der Waals surface area contributed by atoms with Crippen molar-refractivity contribution in [2.45, 2.75) is 124 Å². The average Bonchev–Trinajstić information content (AvgIpc) is 3.94. The van der Waals surface area contributed by atoms with Gasteiger partial charge in [0, 0.05) is 104 Å². The maximum absolute atomic E-state index is 12.5. The van der Waals surface area contributed by atoms with Crippen molar-refractivity contribution in [3.63, 3.8) is 0 Å². The minimum Gasteiger partial charge on any atom is -0.377 e. The van der Waals surface area contributed by atoms with Crippen molar-refractivity contribution in [1.29, 1.82) is 0 Å². The van der Waals surface area contributed by atoms with Crippen molar-refractivity contribution in [3.8, 4) is 0 Å². The van der Waals surface area contributed by atoms with Crippen LogP contribution in [0.1, 0.15) is 93.9 Å². The molecule has 0 bridgehead atoms. The molecule has 1 aliphatic heterocycles. The fourth-order valence-corrected chi connectivity index (χ4v) is 14.2. The van der Waals surface area contributed by atoms with E-state index in [9.17, 15) is 9.59 Å². The van der Waals surface area contributed by atoms with Crippen LogP contribution in [-0.4, -0.2) is 137 Å². The molecule has 1 aliphatic rings. The summed E-state index contributed by atoms with van der Waals surface area (Å²) >= 11 is 0. The predicted molar refractivity (Wildman–Crippen MR) is 223 cm³/mol.